The highest BCUT2D eigenvalue weighted by molar-refractivity contribution is 5.94. The summed E-state index contributed by atoms with van der Waals surface area (Å²) in [6, 6.07) is 0.0611. The molecule has 0 unspecified atom stereocenters. The van der Waals surface area contributed by atoms with E-state index in [1.165, 1.54) is 24.2 Å². The van der Waals surface area contributed by atoms with Gasteiger partial charge in [0.1, 0.15) is 0 Å². The molecule has 1 aliphatic heterocycles. The molecule has 1 saturated carbocycles. The van der Waals surface area contributed by atoms with Crippen molar-refractivity contribution >= 4 is 18.0 Å². The highest BCUT2D eigenvalue weighted by atomic mass is 16.2. The van der Waals surface area contributed by atoms with E-state index in [1.807, 2.05) is 25.9 Å². The molecule has 0 aromatic rings. The molecule has 184 valence electrons. The van der Waals surface area contributed by atoms with E-state index in [4.69, 9.17) is 0 Å². The Balaban J connectivity index is 1.82. The van der Waals surface area contributed by atoms with Crippen LogP contribution in [0.1, 0.15) is 71.6 Å². The Morgan fingerprint density at radius 1 is 1.00 bits per heavy atom. The van der Waals surface area contributed by atoms with Crippen LogP contribution in [-0.2, 0) is 4.79 Å². The quantitative estimate of drug-likeness (QED) is 0.527. The average molecular weight is 452 g/mol. The number of carbonyl (C=O) groups is 3. The van der Waals surface area contributed by atoms with E-state index in [9.17, 15) is 14.4 Å². The maximum absolute atomic E-state index is 12.9. The highest BCUT2D eigenvalue weighted by Crippen LogP contribution is 2.30. The predicted molar refractivity (Wildman–Crippen MR) is 127 cm³/mol. The summed E-state index contributed by atoms with van der Waals surface area (Å²) in [4.78, 5) is 43.5. The minimum absolute atomic E-state index is 0.0485. The van der Waals surface area contributed by atoms with Crippen molar-refractivity contribution in [1.82, 2.24) is 25.3 Å². The fraction of sp³-hybridized carbons (Fsp3) is 0.875. The van der Waals surface area contributed by atoms with Gasteiger partial charge in [0.05, 0.1) is 0 Å². The largest absolute Gasteiger partial charge is 0.338 e. The van der Waals surface area contributed by atoms with E-state index in [0.29, 0.717) is 38.6 Å². The summed E-state index contributed by atoms with van der Waals surface area (Å²) >= 11 is 0. The zero-order chi connectivity index (χ0) is 23.5. The molecular weight excluding hydrogens is 406 g/mol. The molecule has 2 aliphatic rings. The molecule has 1 aliphatic carbocycles. The van der Waals surface area contributed by atoms with Crippen LogP contribution in [0, 0.1) is 11.8 Å². The molecule has 2 N–H and O–H groups in total. The summed E-state index contributed by atoms with van der Waals surface area (Å²) in [5, 5.41) is 6.09. The summed E-state index contributed by atoms with van der Waals surface area (Å²) in [5.41, 5.74) is 0. The zero-order valence-corrected chi connectivity index (χ0v) is 20.7. The van der Waals surface area contributed by atoms with Crippen molar-refractivity contribution < 1.29 is 14.4 Å². The second-order valence-corrected chi connectivity index (χ2v) is 9.68. The number of urea groups is 2. The van der Waals surface area contributed by atoms with Gasteiger partial charge in [0.25, 0.3) is 0 Å². The van der Waals surface area contributed by atoms with Gasteiger partial charge in [-0.1, -0.05) is 32.6 Å². The van der Waals surface area contributed by atoms with E-state index in [1.54, 1.807) is 0 Å². The van der Waals surface area contributed by atoms with Crippen molar-refractivity contribution in [3.05, 3.63) is 0 Å². The van der Waals surface area contributed by atoms with Gasteiger partial charge in [0.15, 0.2) is 0 Å². The number of rotatable bonds is 9. The molecule has 2 fully saturated rings. The third-order valence-electron chi connectivity index (χ3n) is 6.99. The van der Waals surface area contributed by atoms with Crippen molar-refractivity contribution in [2.24, 2.45) is 11.8 Å². The number of imide groups is 1. The van der Waals surface area contributed by atoms with E-state index in [-0.39, 0.29) is 29.8 Å². The lowest BCUT2D eigenvalue weighted by Crippen LogP contribution is -2.51. The SMILES string of the molecule is CC[C@H]1CN(C(=O)NC2CCCCC2)CC[C@H]1CC(=O)N(CC)C(=O)NCCCN(C)C. The summed E-state index contributed by atoms with van der Waals surface area (Å²) in [7, 11) is 4.00. The fourth-order valence-corrected chi connectivity index (χ4v) is 4.96. The maximum atomic E-state index is 12.9. The van der Waals surface area contributed by atoms with Crippen LogP contribution >= 0.6 is 0 Å². The van der Waals surface area contributed by atoms with Gasteiger partial charge in [-0.25, -0.2) is 9.59 Å². The normalized spacial score (nSPS) is 22.0. The number of likely N-dealkylation sites (tertiary alicyclic amines) is 1. The van der Waals surface area contributed by atoms with Gasteiger partial charge in [-0.15, -0.1) is 0 Å². The van der Waals surface area contributed by atoms with Gasteiger partial charge in [-0.2, -0.15) is 0 Å². The van der Waals surface area contributed by atoms with Crippen LogP contribution in [0.15, 0.2) is 0 Å². The lowest BCUT2D eigenvalue weighted by molar-refractivity contribution is -0.130. The molecule has 0 aromatic carbocycles. The Labute approximate surface area is 194 Å². The number of carbonyl (C=O) groups excluding carboxylic acids is 3. The van der Waals surface area contributed by atoms with E-state index < -0.39 is 0 Å². The summed E-state index contributed by atoms with van der Waals surface area (Å²) < 4.78 is 0. The van der Waals surface area contributed by atoms with Crippen molar-refractivity contribution in [2.45, 2.75) is 77.7 Å². The summed E-state index contributed by atoms with van der Waals surface area (Å²) in [6.45, 7) is 7.16. The lowest BCUT2D eigenvalue weighted by Gasteiger charge is -2.39. The minimum atomic E-state index is -0.298. The van der Waals surface area contributed by atoms with Gasteiger partial charge < -0.3 is 20.4 Å². The third-order valence-corrected chi connectivity index (χ3v) is 6.99. The number of hydrogen-bond donors (Lipinski definition) is 2. The molecule has 8 nitrogen and oxygen atoms in total. The number of amides is 5. The minimum Gasteiger partial charge on any atom is -0.338 e. The van der Waals surface area contributed by atoms with Gasteiger partial charge >= 0.3 is 12.1 Å². The lowest BCUT2D eigenvalue weighted by atomic mass is 9.81. The van der Waals surface area contributed by atoms with Crippen LogP contribution < -0.4 is 10.6 Å². The highest BCUT2D eigenvalue weighted by Gasteiger charge is 2.34. The molecule has 0 bridgehead atoms. The molecule has 0 spiro atoms. The molecule has 0 radical (unpaired) electrons. The van der Waals surface area contributed by atoms with Crippen LogP contribution in [0.25, 0.3) is 0 Å². The van der Waals surface area contributed by atoms with Crippen molar-refractivity contribution in [3.63, 3.8) is 0 Å². The van der Waals surface area contributed by atoms with Crippen molar-refractivity contribution in [2.75, 3.05) is 46.8 Å². The predicted octanol–water partition coefficient (Wildman–Crippen LogP) is 3.28. The third kappa shape index (κ3) is 8.26. The van der Waals surface area contributed by atoms with Gasteiger partial charge in [0, 0.05) is 38.6 Å². The molecule has 0 aromatic heterocycles. The van der Waals surface area contributed by atoms with Crippen LogP contribution in [-0.4, -0.2) is 85.5 Å². The molecule has 2 atom stereocenters. The fourth-order valence-electron chi connectivity index (χ4n) is 4.96. The molecule has 2 rings (SSSR count). The topological polar surface area (TPSA) is 85.0 Å². The average Bonchev–Trinajstić information content (AvgIpc) is 2.78. The van der Waals surface area contributed by atoms with Crippen LogP contribution in [0.5, 0.6) is 0 Å². The molecular formula is C24H45N5O3. The van der Waals surface area contributed by atoms with Gasteiger partial charge in [-0.3, -0.25) is 9.69 Å². The first-order valence-electron chi connectivity index (χ1n) is 12.6. The van der Waals surface area contributed by atoms with E-state index in [2.05, 4.69) is 22.5 Å². The number of nitrogens with one attached hydrogen (secondary N) is 2. The Morgan fingerprint density at radius 2 is 1.72 bits per heavy atom. The first kappa shape index (κ1) is 26.4. The second-order valence-electron chi connectivity index (χ2n) is 9.68. The van der Waals surface area contributed by atoms with E-state index >= 15 is 0 Å². The van der Waals surface area contributed by atoms with Crippen LogP contribution in [0.2, 0.25) is 0 Å². The number of piperidine rings is 1. The Bertz CT molecular complexity index is 606. The van der Waals surface area contributed by atoms with Gasteiger partial charge in [-0.05, 0) is 65.1 Å². The number of hydrogen-bond acceptors (Lipinski definition) is 4. The summed E-state index contributed by atoms with van der Waals surface area (Å²) in [5.74, 6) is 0.384. The first-order chi connectivity index (χ1) is 15.3. The Morgan fingerprint density at radius 3 is 2.34 bits per heavy atom. The summed E-state index contributed by atoms with van der Waals surface area (Å²) in [6.07, 6.45) is 8.79. The molecule has 5 amide bonds. The molecule has 1 heterocycles. The molecule has 1 saturated heterocycles. The van der Waals surface area contributed by atoms with E-state index in [0.717, 1.165) is 38.6 Å². The Hall–Kier alpha value is -1.83. The number of nitrogens with zero attached hydrogens (tertiary/aromatic N) is 3. The zero-order valence-electron chi connectivity index (χ0n) is 20.7. The maximum Gasteiger partial charge on any atom is 0.324 e. The Kier molecular flexibility index (Phi) is 11.3. The molecule has 8 heteroatoms. The first-order valence-corrected chi connectivity index (χ1v) is 12.6. The van der Waals surface area contributed by atoms with Crippen molar-refractivity contribution in [3.8, 4) is 0 Å². The van der Waals surface area contributed by atoms with Crippen LogP contribution in [0.3, 0.4) is 0 Å². The van der Waals surface area contributed by atoms with Crippen LogP contribution in [0.4, 0.5) is 9.59 Å². The standard InChI is InChI=1S/C24H45N5O3/c1-5-19-18-28(24(32)26-21-11-8-7-9-12-21)16-13-20(19)17-22(30)29(6-2)23(31)25-14-10-15-27(3)4/h19-21H,5-18H2,1-4H3,(H,25,31)(H,26,32)/t19-,20-/m0/s1. The van der Waals surface area contributed by atoms with Gasteiger partial charge in [0.2, 0.25) is 5.91 Å². The monoisotopic (exact) mass is 451 g/mol. The molecule has 32 heavy (non-hydrogen) atoms. The second kappa shape index (κ2) is 13.7. The van der Waals surface area contributed by atoms with Crippen molar-refractivity contribution in [1.29, 1.82) is 0 Å². The smallest absolute Gasteiger partial charge is 0.324 e.